The lowest BCUT2D eigenvalue weighted by molar-refractivity contribution is -0.115. The number of nitrogens with one attached hydrogen (secondary N) is 1. The fraction of sp³-hybridized carbons (Fsp3) is 0.429. The quantitative estimate of drug-likeness (QED) is 0.908. The molecule has 1 aromatic carbocycles. The van der Waals surface area contributed by atoms with E-state index in [1.165, 1.54) is 18.2 Å². The summed E-state index contributed by atoms with van der Waals surface area (Å²) in [4.78, 5) is 11.2. The van der Waals surface area contributed by atoms with Crippen LogP contribution < -0.4 is 10.1 Å². The molecular weight excluding hydrogens is 247 g/mol. The number of rotatable bonds is 4. The second-order valence-electron chi connectivity index (χ2n) is 5.38. The minimum Gasteiger partial charge on any atom is -0.490 e. The maximum absolute atomic E-state index is 13.7. The van der Waals surface area contributed by atoms with Crippen molar-refractivity contribution in [3.05, 3.63) is 24.0 Å². The Morgan fingerprint density at radius 3 is 2.68 bits per heavy atom. The van der Waals surface area contributed by atoms with Crippen molar-refractivity contribution in [2.24, 2.45) is 5.41 Å². The molecule has 0 saturated heterocycles. The van der Waals surface area contributed by atoms with Crippen molar-refractivity contribution in [2.45, 2.75) is 27.2 Å². The van der Waals surface area contributed by atoms with E-state index in [9.17, 15) is 9.18 Å². The maximum Gasteiger partial charge on any atom is 0.238 e. The molecule has 0 unspecified atom stereocenters. The van der Waals surface area contributed by atoms with Crippen LogP contribution in [0.25, 0.3) is 0 Å². The van der Waals surface area contributed by atoms with Crippen molar-refractivity contribution < 1.29 is 13.9 Å². The van der Waals surface area contributed by atoms with Crippen LogP contribution in [0.3, 0.4) is 0 Å². The summed E-state index contributed by atoms with van der Waals surface area (Å²) in [5, 5.41) is 10.8. The molecule has 1 aromatic rings. The Balaban J connectivity index is 2.70. The van der Waals surface area contributed by atoms with E-state index < -0.39 is 11.7 Å². The molecule has 102 valence electrons. The second-order valence-corrected chi connectivity index (χ2v) is 5.38. The molecule has 0 saturated carbocycles. The molecule has 4 nitrogen and oxygen atoms in total. The Morgan fingerprint density at radius 1 is 1.47 bits per heavy atom. The molecule has 0 fully saturated rings. The number of hydrogen-bond donors (Lipinski definition) is 1. The number of nitrogens with zero attached hydrogens (tertiary/aromatic N) is 1. The Morgan fingerprint density at radius 2 is 2.16 bits per heavy atom. The fourth-order valence-electron chi connectivity index (χ4n) is 1.27. The van der Waals surface area contributed by atoms with Crippen molar-refractivity contribution in [2.75, 3.05) is 11.9 Å². The van der Waals surface area contributed by atoms with Crippen LogP contribution in [-0.2, 0) is 4.79 Å². The molecule has 0 aliphatic rings. The first kappa shape index (κ1) is 15.0. The van der Waals surface area contributed by atoms with Gasteiger partial charge in [-0.05, 0) is 17.5 Å². The molecule has 0 atom stereocenters. The first-order chi connectivity index (χ1) is 8.81. The predicted octanol–water partition coefficient (Wildman–Crippen LogP) is 3.10. The molecule has 1 amide bonds. The molecule has 0 aliphatic heterocycles. The number of carbonyl (C=O) groups excluding carboxylic acids is 1. The molecule has 19 heavy (non-hydrogen) atoms. The van der Waals surface area contributed by atoms with Crippen LogP contribution in [0.5, 0.6) is 5.75 Å². The summed E-state index contributed by atoms with van der Waals surface area (Å²) in [7, 11) is 0. The summed E-state index contributed by atoms with van der Waals surface area (Å²) < 4.78 is 19.1. The van der Waals surface area contributed by atoms with E-state index in [4.69, 9.17) is 10.00 Å². The van der Waals surface area contributed by atoms with Crippen LogP contribution in [0.2, 0.25) is 0 Å². The van der Waals surface area contributed by atoms with Gasteiger partial charge in [0.15, 0.2) is 11.6 Å². The molecule has 5 heteroatoms. The van der Waals surface area contributed by atoms with E-state index >= 15 is 0 Å². The SMILES string of the molecule is CC(C)(C)COc1ccc(NC(=O)CC#N)cc1F. The maximum atomic E-state index is 13.7. The van der Waals surface area contributed by atoms with Gasteiger partial charge in [-0.15, -0.1) is 0 Å². The number of amides is 1. The van der Waals surface area contributed by atoms with Crippen LogP contribution >= 0.6 is 0 Å². The summed E-state index contributed by atoms with van der Waals surface area (Å²) in [5.74, 6) is -0.863. The fourth-order valence-corrected chi connectivity index (χ4v) is 1.27. The lowest BCUT2D eigenvalue weighted by atomic mass is 9.99. The van der Waals surface area contributed by atoms with Gasteiger partial charge in [0.1, 0.15) is 6.42 Å². The summed E-state index contributed by atoms with van der Waals surface area (Å²) in [6.07, 6.45) is -0.260. The highest BCUT2D eigenvalue weighted by Crippen LogP contribution is 2.23. The van der Waals surface area contributed by atoms with Crippen LogP contribution in [0, 0.1) is 22.6 Å². The third-order valence-corrected chi connectivity index (χ3v) is 2.12. The zero-order valence-corrected chi connectivity index (χ0v) is 11.3. The average Bonchev–Trinajstić information content (AvgIpc) is 2.26. The third-order valence-electron chi connectivity index (χ3n) is 2.12. The highest BCUT2D eigenvalue weighted by molar-refractivity contribution is 5.92. The smallest absolute Gasteiger partial charge is 0.238 e. The number of benzene rings is 1. The highest BCUT2D eigenvalue weighted by atomic mass is 19.1. The lowest BCUT2D eigenvalue weighted by Gasteiger charge is -2.19. The minimum absolute atomic E-state index is 0.0634. The number of hydrogen-bond acceptors (Lipinski definition) is 3. The Hall–Kier alpha value is -2.09. The number of carbonyl (C=O) groups is 1. The molecule has 0 bridgehead atoms. The van der Waals surface area contributed by atoms with Gasteiger partial charge >= 0.3 is 0 Å². The molecule has 0 radical (unpaired) electrons. The van der Waals surface area contributed by atoms with E-state index in [-0.39, 0.29) is 17.6 Å². The van der Waals surface area contributed by atoms with E-state index in [0.717, 1.165) is 0 Å². The molecule has 1 N–H and O–H groups in total. The first-order valence-corrected chi connectivity index (χ1v) is 5.91. The molecular formula is C14H17FN2O2. The highest BCUT2D eigenvalue weighted by Gasteiger charge is 2.13. The van der Waals surface area contributed by atoms with Gasteiger partial charge in [-0.25, -0.2) is 4.39 Å². The van der Waals surface area contributed by atoms with Crippen molar-refractivity contribution in [1.29, 1.82) is 5.26 Å². The Kier molecular flexibility index (Phi) is 4.87. The number of ether oxygens (including phenoxy) is 1. The van der Waals surface area contributed by atoms with E-state index in [1.54, 1.807) is 6.07 Å². The van der Waals surface area contributed by atoms with Gasteiger partial charge in [-0.3, -0.25) is 4.79 Å². The van der Waals surface area contributed by atoms with Gasteiger partial charge in [0.25, 0.3) is 0 Å². The zero-order chi connectivity index (χ0) is 14.5. The van der Waals surface area contributed by atoms with Gasteiger partial charge in [0, 0.05) is 11.8 Å². The summed E-state index contributed by atoms with van der Waals surface area (Å²) in [6.45, 7) is 6.36. The normalized spacial score (nSPS) is 10.7. The zero-order valence-electron chi connectivity index (χ0n) is 11.3. The van der Waals surface area contributed by atoms with Crippen molar-refractivity contribution in [3.8, 4) is 11.8 Å². The molecule has 0 aromatic heterocycles. The molecule has 0 aliphatic carbocycles. The summed E-state index contributed by atoms with van der Waals surface area (Å²) in [5.41, 5.74) is 0.243. The van der Waals surface area contributed by atoms with E-state index in [0.29, 0.717) is 12.3 Å². The number of anilines is 1. The number of nitriles is 1. The largest absolute Gasteiger partial charge is 0.490 e. The topological polar surface area (TPSA) is 62.1 Å². The van der Waals surface area contributed by atoms with Gasteiger partial charge in [0.05, 0.1) is 12.7 Å². The first-order valence-electron chi connectivity index (χ1n) is 5.91. The van der Waals surface area contributed by atoms with Crippen LogP contribution in [0.1, 0.15) is 27.2 Å². The van der Waals surface area contributed by atoms with Crippen molar-refractivity contribution in [3.63, 3.8) is 0 Å². The van der Waals surface area contributed by atoms with E-state index in [2.05, 4.69) is 5.32 Å². The minimum atomic E-state index is -0.543. The standard InChI is InChI=1S/C14H17FN2O2/c1-14(2,3)9-19-12-5-4-10(8-11(12)15)17-13(18)6-7-16/h4-5,8H,6,9H2,1-3H3,(H,17,18). The van der Waals surface area contributed by atoms with E-state index in [1.807, 2.05) is 20.8 Å². The van der Waals surface area contributed by atoms with Crippen LogP contribution in [0.4, 0.5) is 10.1 Å². The Labute approximate surface area is 112 Å². The molecule has 0 spiro atoms. The predicted molar refractivity (Wildman–Crippen MR) is 70.2 cm³/mol. The van der Waals surface area contributed by atoms with Gasteiger partial charge in [0.2, 0.25) is 5.91 Å². The van der Waals surface area contributed by atoms with Crippen molar-refractivity contribution in [1.82, 2.24) is 0 Å². The number of halogens is 1. The van der Waals surface area contributed by atoms with Gasteiger partial charge in [-0.2, -0.15) is 5.26 Å². The van der Waals surface area contributed by atoms with Gasteiger partial charge in [-0.1, -0.05) is 20.8 Å². The molecule has 0 heterocycles. The summed E-state index contributed by atoms with van der Waals surface area (Å²) in [6, 6.07) is 5.89. The van der Waals surface area contributed by atoms with Gasteiger partial charge < -0.3 is 10.1 Å². The van der Waals surface area contributed by atoms with Crippen molar-refractivity contribution >= 4 is 11.6 Å². The summed E-state index contributed by atoms with van der Waals surface area (Å²) >= 11 is 0. The molecule has 1 rings (SSSR count). The Bertz CT molecular complexity index is 501. The monoisotopic (exact) mass is 264 g/mol. The third kappa shape index (κ3) is 5.38. The average molecular weight is 264 g/mol. The van der Waals surface area contributed by atoms with Crippen LogP contribution in [0.15, 0.2) is 18.2 Å². The second kappa shape index (κ2) is 6.19. The lowest BCUT2D eigenvalue weighted by Crippen LogP contribution is -2.17. The van der Waals surface area contributed by atoms with Crippen LogP contribution in [-0.4, -0.2) is 12.5 Å².